The van der Waals surface area contributed by atoms with E-state index in [1.54, 1.807) is 0 Å². The van der Waals surface area contributed by atoms with Gasteiger partial charge < -0.3 is 10.1 Å². The van der Waals surface area contributed by atoms with Gasteiger partial charge in [-0.3, -0.25) is 4.79 Å². The van der Waals surface area contributed by atoms with E-state index < -0.39 is 0 Å². The summed E-state index contributed by atoms with van der Waals surface area (Å²) in [5, 5.41) is 3.96. The molecule has 4 atom stereocenters. The second-order valence-electron chi connectivity index (χ2n) is 6.51. The molecule has 4 heteroatoms. The van der Waals surface area contributed by atoms with Crippen LogP contribution in [0.1, 0.15) is 44.9 Å². The molecule has 1 N–H and O–H groups in total. The lowest BCUT2D eigenvalue weighted by molar-refractivity contribution is -0.151. The Kier molecular flexibility index (Phi) is 4.04. The maximum atomic E-state index is 12.2. The molecular formula is C15H24ClNO2. The molecule has 2 saturated heterocycles. The summed E-state index contributed by atoms with van der Waals surface area (Å²) in [4.78, 5) is 12.2. The van der Waals surface area contributed by atoms with Gasteiger partial charge in [0.1, 0.15) is 0 Å². The van der Waals surface area contributed by atoms with Gasteiger partial charge in [-0.05, 0) is 56.8 Å². The molecule has 3 rings (SSSR count). The molecule has 3 aliphatic rings. The summed E-state index contributed by atoms with van der Waals surface area (Å²) in [7, 11) is 1.52. The number of carbonyl (C=O) groups excluding carboxylic acids is 1. The van der Waals surface area contributed by atoms with Gasteiger partial charge >= 0.3 is 5.97 Å². The number of fused-ring (bicyclic) bond motifs is 2. The van der Waals surface area contributed by atoms with Gasteiger partial charge in [-0.1, -0.05) is 0 Å². The fraction of sp³-hybridized carbons (Fsp3) is 0.933. The highest BCUT2D eigenvalue weighted by atomic mass is 35.5. The van der Waals surface area contributed by atoms with Crippen LogP contribution in [0.3, 0.4) is 0 Å². The average molecular weight is 286 g/mol. The molecule has 108 valence electrons. The summed E-state index contributed by atoms with van der Waals surface area (Å²) in [6, 6.07) is 0.981. The number of carbonyl (C=O) groups is 1. The van der Waals surface area contributed by atoms with Gasteiger partial charge in [-0.15, -0.1) is 11.6 Å². The van der Waals surface area contributed by atoms with E-state index in [4.69, 9.17) is 16.3 Å². The van der Waals surface area contributed by atoms with Crippen LogP contribution in [0.4, 0.5) is 0 Å². The van der Waals surface area contributed by atoms with Gasteiger partial charge in [-0.2, -0.15) is 0 Å². The van der Waals surface area contributed by atoms with E-state index in [0.29, 0.717) is 29.3 Å². The molecule has 0 aromatic rings. The van der Waals surface area contributed by atoms with Crippen LogP contribution in [0.5, 0.6) is 0 Å². The molecule has 1 aliphatic carbocycles. The van der Waals surface area contributed by atoms with E-state index in [9.17, 15) is 4.79 Å². The highest BCUT2D eigenvalue weighted by molar-refractivity contribution is 6.20. The zero-order valence-electron chi connectivity index (χ0n) is 11.6. The minimum Gasteiger partial charge on any atom is -0.469 e. The quantitative estimate of drug-likeness (QED) is 0.626. The van der Waals surface area contributed by atoms with Crippen LogP contribution < -0.4 is 5.32 Å². The first kappa shape index (κ1) is 13.7. The van der Waals surface area contributed by atoms with E-state index in [-0.39, 0.29) is 11.9 Å². The topological polar surface area (TPSA) is 38.3 Å². The summed E-state index contributed by atoms with van der Waals surface area (Å²) in [6.45, 7) is 0. The molecule has 0 aromatic carbocycles. The van der Waals surface area contributed by atoms with Crippen LogP contribution in [0.2, 0.25) is 0 Å². The van der Waals surface area contributed by atoms with Crippen molar-refractivity contribution in [3.05, 3.63) is 0 Å². The third-order valence-electron chi connectivity index (χ3n) is 5.51. The Hall–Kier alpha value is -0.280. The van der Waals surface area contributed by atoms with Gasteiger partial charge in [-0.25, -0.2) is 0 Å². The lowest BCUT2D eigenvalue weighted by atomic mass is 9.69. The van der Waals surface area contributed by atoms with E-state index in [1.807, 2.05) is 0 Å². The molecular weight excluding hydrogens is 262 g/mol. The van der Waals surface area contributed by atoms with Crippen molar-refractivity contribution in [1.82, 2.24) is 5.32 Å². The van der Waals surface area contributed by atoms with E-state index >= 15 is 0 Å². The number of piperidine rings is 1. The molecule has 0 spiro atoms. The summed E-state index contributed by atoms with van der Waals surface area (Å²) >= 11 is 6.21. The number of alkyl halides is 1. The van der Waals surface area contributed by atoms with Crippen molar-refractivity contribution in [2.45, 2.75) is 62.4 Å². The third kappa shape index (κ3) is 2.64. The predicted molar refractivity (Wildman–Crippen MR) is 75.2 cm³/mol. The lowest BCUT2D eigenvalue weighted by Gasteiger charge is -2.42. The van der Waals surface area contributed by atoms with Crippen molar-refractivity contribution in [3.8, 4) is 0 Å². The predicted octanol–water partition coefficient (Wildman–Crippen LogP) is 2.71. The Morgan fingerprint density at radius 2 is 1.89 bits per heavy atom. The van der Waals surface area contributed by atoms with Crippen molar-refractivity contribution in [3.63, 3.8) is 0 Å². The van der Waals surface area contributed by atoms with Gasteiger partial charge in [0.05, 0.1) is 13.0 Å². The second kappa shape index (κ2) is 5.61. The van der Waals surface area contributed by atoms with Gasteiger partial charge in [0.15, 0.2) is 0 Å². The maximum Gasteiger partial charge on any atom is 0.310 e. The molecule has 1 saturated carbocycles. The Morgan fingerprint density at radius 1 is 1.16 bits per heavy atom. The zero-order chi connectivity index (χ0) is 13.4. The number of halogens is 1. The number of rotatable bonds is 2. The van der Waals surface area contributed by atoms with Crippen molar-refractivity contribution in [2.75, 3.05) is 7.11 Å². The fourth-order valence-electron chi connectivity index (χ4n) is 4.56. The first-order valence-electron chi connectivity index (χ1n) is 7.67. The molecule has 0 amide bonds. The smallest absolute Gasteiger partial charge is 0.310 e. The van der Waals surface area contributed by atoms with Crippen LogP contribution in [0, 0.1) is 17.8 Å². The van der Waals surface area contributed by atoms with Gasteiger partial charge in [0.2, 0.25) is 0 Å². The maximum absolute atomic E-state index is 12.2. The lowest BCUT2D eigenvalue weighted by Crippen LogP contribution is -2.51. The fourth-order valence-corrected chi connectivity index (χ4v) is 4.81. The Morgan fingerprint density at radius 3 is 2.58 bits per heavy atom. The van der Waals surface area contributed by atoms with Crippen LogP contribution in [-0.2, 0) is 9.53 Å². The Balaban J connectivity index is 1.75. The van der Waals surface area contributed by atoms with Gasteiger partial charge in [0.25, 0.3) is 0 Å². The number of methoxy groups -OCH3 is 1. The zero-order valence-corrected chi connectivity index (χ0v) is 12.4. The molecule has 0 radical (unpaired) electrons. The second-order valence-corrected chi connectivity index (χ2v) is 7.13. The monoisotopic (exact) mass is 285 g/mol. The standard InChI is InChI=1S/C15H24ClNO2/c1-19-15(18)14-12(8-11-6-7-13(14)17-11)9-2-4-10(16)5-3-9/h9-14,17H,2-8H2,1H3/t9?,10?,11-,12-,13?,14?/m1/s1. The highest BCUT2D eigenvalue weighted by Gasteiger charge is 2.48. The summed E-state index contributed by atoms with van der Waals surface area (Å²) in [6.07, 6.45) is 8.09. The summed E-state index contributed by atoms with van der Waals surface area (Å²) in [5.41, 5.74) is 0. The van der Waals surface area contributed by atoms with Crippen molar-refractivity contribution < 1.29 is 9.53 Å². The van der Waals surface area contributed by atoms with Crippen LogP contribution in [0.15, 0.2) is 0 Å². The SMILES string of the molecule is COC(=O)C1C2CC[C@H](C[C@@H]1C1CCC(Cl)CC1)N2. The van der Waals surface area contributed by atoms with Crippen molar-refractivity contribution in [1.29, 1.82) is 0 Å². The van der Waals surface area contributed by atoms with E-state index in [2.05, 4.69) is 5.32 Å². The van der Waals surface area contributed by atoms with Crippen molar-refractivity contribution in [2.24, 2.45) is 17.8 Å². The Bertz CT molecular complexity index is 341. The molecule has 2 heterocycles. The normalized spacial score (nSPS) is 46.0. The number of ether oxygens (including phenoxy) is 1. The average Bonchev–Trinajstić information content (AvgIpc) is 2.80. The first-order chi connectivity index (χ1) is 9.19. The number of esters is 1. The minimum atomic E-state index is -0.00385. The molecule has 19 heavy (non-hydrogen) atoms. The largest absolute Gasteiger partial charge is 0.469 e. The van der Waals surface area contributed by atoms with Gasteiger partial charge in [0, 0.05) is 17.5 Å². The third-order valence-corrected chi connectivity index (χ3v) is 5.94. The number of hydrogen-bond donors (Lipinski definition) is 1. The van der Waals surface area contributed by atoms with E-state index in [0.717, 1.165) is 25.7 Å². The van der Waals surface area contributed by atoms with Crippen LogP contribution >= 0.6 is 11.6 Å². The number of nitrogens with one attached hydrogen (secondary N) is 1. The van der Waals surface area contributed by atoms with Crippen LogP contribution in [-0.4, -0.2) is 30.5 Å². The molecule has 2 aliphatic heterocycles. The van der Waals surface area contributed by atoms with Crippen molar-refractivity contribution >= 4 is 17.6 Å². The summed E-state index contributed by atoms with van der Waals surface area (Å²) in [5.74, 6) is 1.25. The first-order valence-corrected chi connectivity index (χ1v) is 8.10. The minimum absolute atomic E-state index is 0.00385. The molecule has 2 bridgehead atoms. The Labute approximate surface area is 120 Å². The molecule has 2 unspecified atom stereocenters. The van der Waals surface area contributed by atoms with E-state index in [1.165, 1.54) is 26.4 Å². The number of hydrogen-bond acceptors (Lipinski definition) is 3. The van der Waals surface area contributed by atoms with Crippen LogP contribution in [0.25, 0.3) is 0 Å². The molecule has 3 nitrogen and oxygen atoms in total. The highest BCUT2D eigenvalue weighted by Crippen LogP contribution is 2.45. The molecule has 3 fully saturated rings. The summed E-state index contributed by atoms with van der Waals surface area (Å²) < 4.78 is 5.08. The molecule has 0 aromatic heterocycles.